The van der Waals surface area contributed by atoms with Crippen molar-refractivity contribution >= 4 is 34.4 Å². The lowest BCUT2D eigenvalue weighted by molar-refractivity contribution is 0.457. The average Bonchev–Trinajstić information content (AvgIpc) is 2.73. The van der Waals surface area contributed by atoms with Crippen molar-refractivity contribution in [1.29, 1.82) is 0 Å². The van der Waals surface area contributed by atoms with E-state index in [2.05, 4.69) is 9.98 Å². The lowest BCUT2D eigenvalue weighted by Crippen LogP contribution is -1.79. The van der Waals surface area contributed by atoms with Crippen molar-refractivity contribution in [2.24, 2.45) is 4.99 Å². The van der Waals surface area contributed by atoms with Gasteiger partial charge in [0.2, 0.25) is 0 Å². The van der Waals surface area contributed by atoms with Crippen molar-refractivity contribution in [3.63, 3.8) is 0 Å². The van der Waals surface area contributed by atoms with Gasteiger partial charge in [-0.2, -0.15) is 0 Å². The summed E-state index contributed by atoms with van der Waals surface area (Å²) < 4.78 is 0. The zero-order valence-electron chi connectivity index (χ0n) is 10.3. The maximum absolute atomic E-state index is 9.92. The Morgan fingerprint density at radius 3 is 2.55 bits per heavy atom. The normalized spacial score (nSPS) is 11.4. The van der Waals surface area contributed by atoms with Crippen LogP contribution in [0.5, 0.6) is 11.6 Å². The Labute approximate surface area is 120 Å². The molecule has 3 rings (SSSR count). The first-order valence-corrected chi connectivity index (χ1v) is 6.34. The van der Waals surface area contributed by atoms with Gasteiger partial charge in [0, 0.05) is 22.1 Å². The fourth-order valence-electron chi connectivity index (χ4n) is 1.98. The molecule has 4 nitrogen and oxygen atoms in total. The van der Waals surface area contributed by atoms with Crippen LogP contribution in [0.2, 0.25) is 5.02 Å². The van der Waals surface area contributed by atoms with Crippen LogP contribution in [0.25, 0.3) is 10.9 Å². The lowest BCUT2D eigenvalue weighted by Gasteiger charge is -1.95. The Morgan fingerprint density at radius 1 is 1.05 bits per heavy atom. The summed E-state index contributed by atoms with van der Waals surface area (Å²) in [5.74, 6) is 0.232. The Balaban J connectivity index is 2.03. The molecule has 20 heavy (non-hydrogen) atoms. The maximum atomic E-state index is 9.92. The first kappa shape index (κ1) is 12.6. The highest BCUT2D eigenvalue weighted by atomic mass is 35.5. The molecule has 1 heterocycles. The summed E-state index contributed by atoms with van der Waals surface area (Å²) in [6, 6.07) is 11.8. The fourth-order valence-corrected chi connectivity index (χ4v) is 2.15. The molecule has 0 atom stereocenters. The largest absolute Gasteiger partial charge is 0.508 e. The van der Waals surface area contributed by atoms with E-state index in [1.165, 1.54) is 0 Å². The molecule has 0 spiro atoms. The van der Waals surface area contributed by atoms with Gasteiger partial charge in [-0.05, 0) is 42.5 Å². The number of benzene rings is 2. The second-order valence-corrected chi connectivity index (χ2v) is 4.79. The Hall–Kier alpha value is -2.46. The van der Waals surface area contributed by atoms with E-state index in [4.69, 9.17) is 11.6 Å². The number of aromatic hydroxyl groups is 2. The number of nitrogens with one attached hydrogen (secondary N) is 1. The van der Waals surface area contributed by atoms with Gasteiger partial charge < -0.3 is 15.2 Å². The van der Waals surface area contributed by atoms with Gasteiger partial charge in [-0.15, -0.1) is 0 Å². The number of nitrogens with zero attached hydrogens (tertiary/aromatic N) is 1. The summed E-state index contributed by atoms with van der Waals surface area (Å²) in [6.45, 7) is 0. The topological polar surface area (TPSA) is 68.6 Å². The Bertz CT molecular complexity index is 791. The number of hydrogen-bond donors (Lipinski definition) is 3. The van der Waals surface area contributed by atoms with Crippen molar-refractivity contribution in [2.45, 2.75) is 0 Å². The highest BCUT2D eigenvalue weighted by molar-refractivity contribution is 6.31. The molecule has 0 saturated heterocycles. The van der Waals surface area contributed by atoms with Gasteiger partial charge in [-0.1, -0.05) is 11.6 Å². The third-order valence-corrected chi connectivity index (χ3v) is 3.21. The summed E-state index contributed by atoms with van der Waals surface area (Å²) in [7, 11) is 0. The van der Waals surface area contributed by atoms with Gasteiger partial charge in [0.25, 0.3) is 0 Å². The van der Waals surface area contributed by atoms with Crippen LogP contribution in [0.3, 0.4) is 0 Å². The van der Waals surface area contributed by atoms with Gasteiger partial charge in [-0.25, -0.2) is 0 Å². The minimum atomic E-state index is 0.0461. The zero-order valence-corrected chi connectivity index (χ0v) is 11.1. The molecule has 2 aromatic carbocycles. The summed E-state index contributed by atoms with van der Waals surface area (Å²) >= 11 is 5.97. The van der Waals surface area contributed by atoms with Crippen molar-refractivity contribution < 1.29 is 10.2 Å². The molecule has 3 N–H and O–H groups in total. The average molecular weight is 287 g/mol. The molecular weight excluding hydrogens is 276 g/mol. The first-order chi connectivity index (χ1) is 9.63. The number of aromatic nitrogens is 1. The second-order valence-electron chi connectivity index (χ2n) is 4.35. The Morgan fingerprint density at radius 2 is 1.80 bits per heavy atom. The summed E-state index contributed by atoms with van der Waals surface area (Å²) in [6.07, 6.45) is 1.57. The predicted molar refractivity (Wildman–Crippen MR) is 80.3 cm³/mol. The zero-order chi connectivity index (χ0) is 14.1. The number of H-pyrrole nitrogens is 1. The SMILES string of the molecule is Oc1ccc(N=Cc2c(O)[nH]c3ccc(Cl)cc23)cc1. The quantitative estimate of drug-likeness (QED) is 0.624. The molecule has 0 aliphatic rings. The number of phenols is 1. The van der Waals surface area contributed by atoms with E-state index in [0.717, 1.165) is 10.9 Å². The van der Waals surface area contributed by atoms with Crippen molar-refractivity contribution in [1.82, 2.24) is 4.98 Å². The minimum Gasteiger partial charge on any atom is -0.508 e. The van der Waals surface area contributed by atoms with Crippen molar-refractivity contribution in [3.8, 4) is 11.6 Å². The van der Waals surface area contributed by atoms with Gasteiger partial charge in [0.05, 0.1) is 11.3 Å². The number of aromatic amines is 1. The van der Waals surface area contributed by atoms with E-state index in [-0.39, 0.29) is 11.6 Å². The molecule has 0 bridgehead atoms. The van der Waals surface area contributed by atoms with E-state index in [0.29, 0.717) is 16.3 Å². The molecule has 1 aromatic heterocycles. The number of aliphatic imine (C=N–C) groups is 1. The van der Waals surface area contributed by atoms with Crippen LogP contribution in [0.15, 0.2) is 47.5 Å². The summed E-state index contributed by atoms with van der Waals surface area (Å²) in [4.78, 5) is 7.14. The number of halogens is 1. The number of phenolic OH excluding ortho intramolecular Hbond substituents is 1. The highest BCUT2D eigenvalue weighted by Crippen LogP contribution is 2.28. The van der Waals surface area contributed by atoms with E-state index in [9.17, 15) is 10.2 Å². The smallest absolute Gasteiger partial charge is 0.198 e. The molecule has 0 aliphatic heterocycles. The van der Waals surface area contributed by atoms with Crippen LogP contribution in [-0.4, -0.2) is 21.4 Å². The number of fused-ring (bicyclic) bond motifs is 1. The molecular formula is C15H11ClN2O2. The first-order valence-electron chi connectivity index (χ1n) is 5.97. The van der Waals surface area contributed by atoms with Crippen LogP contribution in [0.1, 0.15) is 5.56 Å². The number of rotatable bonds is 2. The monoisotopic (exact) mass is 286 g/mol. The molecule has 100 valence electrons. The molecule has 5 heteroatoms. The predicted octanol–water partition coefficient (Wildman–Crippen LogP) is 3.98. The van der Waals surface area contributed by atoms with E-state index >= 15 is 0 Å². The molecule has 0 saturated carbocycles. The summed E-state index contributed by atoms with van der Waals surface area (Å²) in [5, 5.41) is 20.5. The minimum absolute atomic E-state index is 0.0461. The van der Waals surface area contributed by atoms with E-state index < -0.39 is 0 Å². The molecule has 0 amide bonds. The molecule has 0 radical (unpaired) electrons. The number of hydrogen-bond acceptors (Lipinski definition) is 3. The van der Waals surface area contributed by atoms with Gasteiger partial charge >= 0.3 is 0 Å². The van der Waals surface area contributed by atoms with Crippen LogP contribution < -0.4 is 0 Å². The van der Waals surface area contributed by atoms with Gasteiger partial charge in [0.15, 0.2) is 5.88 Å². The third kappa shape index (κ3) is 2.33. The molecule has 0 aliphatic carbocycles. The van der Waals surface area contributed by atoms with Crippen LogP contribution in [-0.2, 0) is 0 Å². The van der Waals surface area contributed by atoms with Gasteiger partial charge in [0.1, 0.15) is 5.75 Å². The molecule has 3 aromatic rings. The fraction of sp³-hybridized carbons (Fsp3) is 0. The van der Waals surface area contributed by atoms with Crippen molar-refractivity contribution in [3.05, 3.63) is 53.1 Å². The summed E-state index contributed by atoms with van der Waals surface area (Å²) in [5.41, 5.74) is 2.05. The highest BCUT2D eigenvalue weighted by Gasteiger charge is 2.09. The van der Waals surface area contributed by atoms with Crippen molar-refractivity contribution in [2.75, 3.05) is 0 Å². The lowest BCUT2D eigenvalue weighted by atomic mass is 10.2. The van der Waals surface area contributed by atoms with Crippen LogP contribution >= 0.6 is 11.6 Å². The van der Waals surface area contributed by atoms with E-state index in [1.54, 1.807) is 48.7 Å². The van der Waals surface area contributed by atoms with Crippen LogP contribution in [0.4, 0.5) is 5.69 Å². The standard InChI is InChI=1S/C15H11ClN2O2/c16-9-1-6-14-12(7-9)13(15(20)18-14)8-17-10-2-4-11(19)5-3-10/h1-8,18-20H. The second kappa shape index (κ2) is 4.90. The maximum Gasteiger partial charge on any atom is 0.198 e. The van der Waals surface area contributed by atoms with E-state index in [1.807, 2.05) is 0 Å². The Kier molecular flexibility index (Phi) is 3.08. The molecule has 0 unspecified atom stereocenters. The van der Waals surface area contributed by atoms with Crippen LogP contribution in [0, 0.1) is 0 Å². The van der Waals surface area contributed by atoms with Gasteiger partial charge in [-0.3, -0.25) is 4.99 Å². The third-order valence-electron chi connectivity index (χ3n) is 2.97. The molecule has 0 fully saturated rings.